The van der Waals surface area contributed by atoms with E-state index in [1.807, 2.05) is 0 Å². The van der Waals surface area contributed by atoms with Crippen LogP contribution >= 0.6 is 0 Å². The first-order chi connectivity index (χ1) is 3.46. The van der Waals surface area contributed by atoms with Gasteiger partial charge in [0.25, 0.3) is 0 Å². The van der Waals surface area contributed by atoms with Crippen molar-refractivity contribution in [3.63, 3.8) is 0 Å². The molecule has 10 nitrogen and oxygen atoms in total. The summed E-state index contributed by atoms with van der Waals surface area (Å²) in [6, 6.07) is 0. The second-order valence-electron chi connectivity index (χ2n) is 0.447. The summed E-state index contributed by atoms with van der Waals surface area (Å²) in [5, 5.41) is 29.5. The molecule has 0 heterocycles. The van der Waals surface area contributed by atoms with Gasteiger partial charge in [0.15, 0.2) is 0 Å². The minimum atomic E-state index is -1.75. The Hall–Kier alpha value is -0.390. The van der Waals surface area contributed by atoms with E-state index in [1.165, 1.54) is 0 Å². The third-order valence-electron chi connectivity index (χ3n) is 0. The molecule has 0 saturated heterocycles. The first kappa shape index (κ1) is 41.5. The van der Waals surface area contributed by atoms with Crippen LogP contribution in [0.2, 0.25) is 0 Å². The van der Waals surface area contributed by atoms with Crippen molar-refractivity contribution >= 4 is 0 Å². The van der Waals surface area contributed by atoms with Crippen LogP contribution in [0.5, 0.6) is 0 Å². The second kappa shape index (κ2) is 31.1. The molecule has 0 fully saturated rings. The first-order valence-electron chi connectivity index (χ1n) is 1.10. The molecule has 0 aromatic rings. The fourth-order valence-electron chi connectivity index (χ4n) is 0. The van der Waals surface area contributed by atoms with Gasteiger partial charge in [0.05, 0.1) is 10.2 Å². The van der Waals surface area contributed by atoms with Crippen LogP contribution in [0.4, 0.5) is 0 Å². The first-order valence-corrected chi connectivity index (χ1v) is 1.10. The van der Waals surface area contributed by atoms with Gasteiger partial charge in [-0.25, -0.2) is 0 Å². The molecule has 0 unspecified atom stereocenters. The van der Waals surface area contributed by atoms with Crippen molar-refractivity contribution < 1.29 is 52.1 Å². The van der Waals surface area contributed by atoms with Crippen LogP contribution in [-0.4, -0.2) is 10.2 Å². The summed E-state index contributed by atoms with van der Waals surface area (Å²) in [5.74, 6) is 0. The summed E-state index contributed by atoms with van der Waals surface area (Å²) in [6.07, 6.45) is 0. The van der Waals surface area contributed by atoms with Crippen LogP contribution in [0.25, 0.3) is 0 Å². The van der Waals surface area contributed by atoms with Crippen molar-refractivity contribution in [3.8, 4) is 0 Å². The Morgan fingerprint density at radius 2 is 0.750 bits per heavy atom. The maximum Gasteiger partial charge on any atom is 1.00 e. The molecule has 0 spiro atoms. The van der Waals surface area contributed by atoms with E-state index in [1.54, 1.807) is 0 Å². The smallest absolute Gasteiger partial charge is 1.00 e. The molecule has 0 aliphatic rings. The number of rotatable bonds is 0. The standard InChI is InChI=1S/ClH.2NO3.2H3N.Na/c;2*2-1(3)4;;;/h1H;;;2*1H3;/q;2*-1;;;+1/p+1. The van der Waals surface area contributed by atoms with Crippen molar-refractivity contribution in [2.75, 3.05) is 0 Å². The van der Waals surface area contributed by atoms with Crippen LogP contribution in [0.15, 0.2) is 0 Å². The minimum absolute atomic E-state index is 0. The Labute approximate surface area is 95.0 Å². The van der Waals surface area contributed by atoms with E-state index in [4.69, 9.17) is 30.6 Å². The van der Waals surface area contributed by atoms with Crippen LogP contribution in [0.3, 0.4) is 0 Å². The molecule has 0 amide bonds. The maximum absolute atomic E-state index is 8.25. The average Bonchev–Trinajstić information content (AvgIpc) is 1.25. The Morgan fingerprint density at radius 1 is 0.750 bits per heavy atom. The number of hydrogen-bond donors (Lipinski definition) is 2. The van der Waals surface area contributed by atoms with Crippen molar-refractivity contribution in [2.45, 2.75) is 0 Å². The molecule has 0 atom stereocenters. The quantitative estimate of drug-likeness (QED) is 0.230. The van der Waals surface area contributed by atoms with Crippen molar-refractivity contribution in [3.05, 3.63) is 30.6 Å². The maximum atomic E-state index is 8.25. The molecule has 0 radical (unpaired) electrons. The Morgan fingerprint density at radius 3 is 0.750 bits per heavy atom. The van der Waals surface area contributed by atoms with Gasteiger partial charge in [-0.1, -0.05) is 0 Å². The van der Waals surface area contributed by atoms with Crippen LogP contribution in [0.1, 0.15) is 0 Å². The molecule has 12 heavy (non-hydrogen) atoms. The summed E-state index contributed by atoms with van der Waals surface area (Å²) >= 11 is 0. The van der Waals surface area contributed by atoms with Gasteiger partial charge in [0.2, 0.25) is 0 Å². The number of halogens is 1. The van der Waals surface area contributed by atoms with Crippen molar-refractivity contribution in [2.24, 2.45) is 0 Å². The summed E-state index contributed by atoms with van der Waals surface area (Å²) < 4.78 is 0. The van der Waals surface area contributed by atoms with E-state index in [-0.39, 0.29) is 54.3 Å². The van der Waals surface area contributed by atoms with Crippen molar-refractivity contribution in [1.29, 1.82) is 0 Å². The van der Waals surface area contributed by atoms with Gasteiger partial charge in [0.1, 0.15) is 0 Å². The topological polar surface area (TPSA) is 205 Å². The van der Waals surface area contributed by atoms with Gasteiger partial charge in [-0.3, -0.25) is 0 Å². The van der Waals surface area contributed by atoms with Crippen molar-refractivity contribution in [1.82, 2.24) is 12.3 Å². The normalized spacial score (nSPS) is 4.00. The molecule has 12 heteroatoms. The van der Waals surface area contributed by atoms with Gasteiger partial charge >= 0.3 is 29.6 Å². The summed E-state index contributed by atoms with van der Waals surface area (Å²) in [7, 11) is 0. The van der Waals surface area contributed by atoms with E-state index < -0.39 is 10.2 Å². The zero-order chi connectivity index (χ0) is 7.15. The zero-order valence-electron chi connectivity index (χ0n) is 6.72. The third-order valence-corrected chi connectivity index (χ3v) is 0. The summed E-state index contributed by atoms with van der Waals surface area (Å²) in [5.41, 5.74) is 0. The zero-order valence-corrected chi connectivity index (χ0v) is 9.48. The van der Waals surface area contributed by atoms with Gasteiger partial charge in [-0.2, -0.15) is 0 Å². The molecular weight excluding hydrogens is 210 g/mol. The number of hydrogen-bond acceptors (Lipinski definition) is 6. The number of nitrogens with zero attached hydrogens (tertiary/aromatic N) is 2. The molecule has 0 bridgehead atoms. The number of quaternary nitrogens is 2. The van der Waals surface area contributed by atoms with Gasteiger partial charge in [0, 0.05) is 0 Å². The van der Waals surface area contributed by atoms with E-state index in [0.29, 0.717) is 0 Å². The molecule has 0 rings (SSSR count). The molecule has 72 valence electrons. The van der Waals surface area contributed by atoms with Gasteiger partial charge < -0.3 is 55.4 Å². The monoisotopic (exact) mass is 218 g/mol. The molecule has 0 aliphatic carbocycles. The van der Waals surface area contributed by atoms with E-state index in [0.717, 1.165) is 0 Å². The molecular formula is H8ClN4NaO6. The van der Waals surface area contributed by atoms with Gasteiger partial charge in [-0.15, -0.1) is 0 Å². The average molecular weight is 219 g/mol. The minimum Gasteiger partial charge on any atom is -1.00 e. The molecule has 8 N–H and O–H groups in total. The summed E-state index contributed by atoms with van der Waals surface area (Å²) in [4.78, 5) is 16.5. The Bertz CT molecular complexity index is 77.5. The van der Waals surface area contributed by atoms with Crippen LogP contribution < -0.4 is 54.3 Å². The van der Waals surface area contributed by atoms with Gasteiger partial charge in [-0.05, 0) is 0 Å². The largest absolute Gasteiger partial charge is 1.00 e. The molecule has 0 saturated carbocycles. The molecule has 0 aromatic carbocycles. The fourth-order valence-corrected chi connectivity index (χ4v) is 0. The Kier molecular flexibility index (Phi) is 108. The fraction of sp³-hybridized carbons (Fsp3) is 0. The molecule has 0 aliphatic heterocycles. The van der Waals surface area contributed by atoms with Crippen LogP contribution in [-0.2, 0) is 0 Å². The van der Waals surface area contributed by atoms with E-state index in [2.05, 4.69) is 0 Å². The predicted octanol–water partition coefficient (Wildman–Crippen LogP) is -5.72. The SMILES string of the molecule is O=[N+]([O-])[O-].O=[N+]([O-])[O-].[Cl-].[NH4+].[NH4+].[Na+]. The van der Waals surface area contributed by atoms with E-state index in [9.17, 15) is 0 Å². The second-order valence-corrected chi connectivity index (χ2v) is 0.447. The third kappa shape index (κ3) is 4680. The van der Waals surface area contributed by atoms with Crippen LogP contribution in [0, 0.1) is 30.6 Å². The summed E-state index contributed by atoms with van der Waals surface area (Å²) in [6.45, 7) is 0. The predicted molar refractivity (Wildman–Crippen MR) is 32.7 cm³/mol. The molecule has 0 aromatic heterocycles. The Balaban J connectivity index is -0.0000000112. The van der Waals surface area contributed by atoms with E-state index >= 15 is 0 Å².